The largest absolute Gasteiger partial charge is 0.366 e. The highest BCUT2D eigenvalue weighted by Gasteiger charge is 2.25. The highest BCUT2D eigenvalue weighted by atomic mass is 79.9. The summed E-state index contributed by atoms with van der Waals surface area (Å²) in [5.41, 5.74) is 0.916. The summed E-state index contributed by atoms with van der Waals surface area (Å²) in [6.07, 6.45) is 2.26. The standard InChI is InChI=1S/C15H22BrN3O2/c1-11(2)17-9-12-4-3-7-18(10-12)14-6-5-13(16)8-15(14)19(20)21/h5-6,8,11-12,17H,3-4,7,9-10H2,1-2H3. The Bertz CT molecular complexity index is 508. The maximum absolute atomic E-state index is 11.3. The van der Waals surface area contributed by atoms with E-state index >= 15 is 0 Å². The minimum absolute atomic E-state index is 0.182. The van der Waals surface area contributed by atoms with Crippen LogP contribution in [0, 0.1) is 16.0 Å². The Labute approximate surface area is 134 Å². The maximum atomic E-state index is 11.3. The number of nitrogens with zero attached hydrogens (tertiary/aromatic N) is 2. The summed E-state index contributed by atoms with van der Waals surface area (Å²) in [6, 6.07) is 5.78. The van der Waals surface area contributed by atoms with Crippen LogP contribution in [-0.4, -0.2) is 30.6 Å². The van der Waals surface area contributed by atoms with Gasteiger partial charge in [-0.05, 0) is 37.4 Å². The van der Waals surface area contributed by atoms with E-state index in [1.54, 1.807) is 6.07 Å². The molecule has 6 heteroatoms. The summed E-state index contributed by atoms with van der Waals surface area (Å²) >= 11 is 3.31. The number of nitro groups is 1. The second-order valence-electron chi connectivity index (χ2n) is 5.91. The fourth-order valence-corrected chi connectivity index (χ4v) is 3.11. The van der Waals surface area contributed by atoms with Crippen LogP contribution in [0.3, 0.4) is 0 Å². The lowest BCUT2D eigenvalue weighted by Gasteiger charge is -2.34. The number of halogens is 1. The average Bonchev–Trinajstić information content (AvgIpc) is 2.45. The van der Waals surface area contributed by atoms with E-state index in [2.05, 4.69) is 40.0 Å². The van der Waals surface area contributed by atoms with E-state index in [1.807, 2.05) is 12.1 Å². The molecule has 1 aliphatic heterocycles. The molecule has 1 unspecified atom stereocenters. The second kappa shape index (κ2) is 7.22. The Hall–Kier alpha value is -1.14. The molecule has 0 aromatic heterocycles. The van der Waals surface area contributed by atoms with Crippen molar-refractivity contribution in [2.75, 3.05) is 24.5 Å². The SMILES string of the molecule is CC(C)NCC1CCCN(c2ccc(Br)cc2[N+](=O)[O-])C1. The lowest BCUT2D eigenvalue weighted by molar-refractivity contribution is -0.384. The number of piperidine rings is 1. The van der Waals surface area contributed by atoms with Gasteiger partial charge < -0.3 is 10.2 Å². The zero-order chi connectivity index (χ0) is 15.4. The van der Waals surface area contributed by atoms with E-state index in [1.165, 1.54) is 6.42 Å². The summed E-state index contributed by atoms with van der Waals surface area (Å²) in [5.74, 6) is 0.546. The van der Waals surface area contributed by atoms with Crippen LogP contribution < -0.4 is 10.2 Å². The first-order valence-electron chi connectivity index (χ1n) is 7.39. The number of rotatable bonds is 5. The molecule has 5 nitrogen and oxygen atoms in total. The molecule has 1 fully saturated rings. The normalized spacial score (nSPS) is 19.0. The third-order valence-electron chi connectivity index (χ3n) is 3.81. The van der Waals surface area contributed by atoms with Crippen molar-refractivity contribution in [3.05, 3.63) is 32.8 Å². The molecule has 1 atom stereocenters. The van der Waals surface area contributed by atoms with Gasteiger partial charge in [0.25, 0.3) is 5.69 Å². The molecule has 1 aromatic rings. The number of anilines is 1. The first kappa shape index (κ1) is 16.2. The molecule has 1 aromatic carbocycles. The van der Waals surface area contributed by atoms with Crippen molar-refractivity contribution in [3.8, 4) is 0 Å². The van der Waals surface area contributed by atoms with Gasteiger partial charge in [-0.25, -0.2) is 0 Å². The van der Waals surface area contributed by atoms with Crippen molar-refractivity contribution in [3.63, 3.8) is 0 Å². The van der Waals surface area contributed by atoms with Crippen LogP contribution in [-0.2, 0) is 0 Å². The summed E-state index contributed by atoms with van der Waals surface area (Å²) in [5, 5.41) is 14.7. The van der Waals surface area contributed by atoms with Crippen molar-refractivity contribution < 1.29 is 4.92 Å². The minimum atomic E-state index is -0.296. The third kappa shape index (κ3) is 4.41. The van der Waals surface area contributed by atoms with Crippen molar-refractivity contribution in [2.45, 2.75) is 32.7 Å². The third-order valence-corrected chi connectivity index (χ3v) is 4.30. The molecule has 1 heterocycles. The van der Waals surface area contributed by atoms with Crippen LogP contribution in [0.15, 0.2) is 22.7 Å². The van der Waals surface area contributed by atoms with Crippen LogP contribution in [0.1, 0.15) is 26.7 Å². The zero-order valence-electron chi connectivity index (χ0n) is 12.5. The average molecular weight is 356 g/mol. The smallest absolute Gasteiger partial charge is 0.293 e. The summed E-state index contributed by atoms with van der Waals surface area (Å²) < 4.78 is 0.744. The Morgan fingerprint density at radius 2 is 2.29 bits per heavy atom. The Balaban J connectivity index is 2.12. The zero-order valence-corrected chi connectivity index (χ0v) is 14.1. The molecule has 21 heavy (non-hydrogen) atoms. The van der Waals surface area contributed by atoms with Gasteiger partial charge in [0.2, 0.25) is 0 Å². The number of benzene rings is 1. The monoisotopic (exact) mass is 355 g/mol. The first-order chi connectivity index (χ1) is 9.97. The Kier molecular flexibility index (Phi) is 5.58. The minimum Gasteiger partial charge on any atom is -0.366 e. The van der Waals surface area contributed by atoms with Gasteiger partial charge >= 0.3 is 0 Å². The van der Waals surface area contributed by atoms with E-state index in [0.717, 1.165) is 36.2 Å². The number of hydrogen-bond acceptors (Lipinski definition) is 4. The van der Waals surface area contributed by atoms with Gasteiger partial charge in [-0.3, -0.25) is 10.1 Å². The number of nitrogens with one attached hydrogen (secondary N) is 1. The van der Waals surface area contributed by atoms with Crippen LogP contribution in [0.4, 0.5) is 11.4 Å². The van der Waals surface area contributed by atoms with Gasteiger partial charge in [-0.15, -0.1) is 0 Å². The fourth-order valence-electron chi connectivity index (χ4n) is 2.76. The van der Waals surface area contributed by atoms with Crippen LogP contribution >= 0.6 is 15.9 Å². The van der Waals surface area contributed by atoms with Crippen LogP contribution in [0.2, 0.25) is 0 Å². The summed E-state index contributed by atoms with van der Waals surface area (Å²) in [6.45, 7) is 7.02. The molecule has 0 aliphatic carbocycles. The molecular weight excluding hydrogens is 334 g/mol. The van der Waals surface area contributed by atoms with Gasteiger partial charge in [0.05, 0.1) is 4.92 Å². The van der Waals surface area contributed by atoms with Crippen molar-refractivity contribution in [2.24, 2.45) is 5.92 Å². The van der Waals surface area contributed by atoms with Crippen molar-refractivity contribution in [1.29, 1.82) is 0 Å². The molecular formula is C15H22BrN3O2. The predicted molar refractivity (Wildman–Crippen MR) is 88.9 cm³/mol. The lowest BCUT2D eigenvalue weighted by atomic mass is 9.97. The van der Waals surface area contributed by atoms with Gasteiger partial charge in [0, 0.05) is 29.7 Å². The molecule has 0 spiro atoms. The summed E-state index contributed by atoms with van der Waals surface area (Å²) in [7, 11) is 0. The highest BCUT2D eigenvalue weighted by molar-refractivity contribution is 9.10. The summed E-state index contributed by atoms with van der Waals surface area (Å²) in [4.78, 5) is 13.1. The molecule has 1 aliphatic rings. The molecule has 1 saturated heterocycles. The molecule has 116 valence electrons. The lowest BCUT2D eigenvalue weighted by Crippen LogP contribution is -2.41. The molecule has 2 rings (SSSR count). The van der Waals surface area contributed by atoms with Crippen LogP contribution in [0.5, 0.6) is 0 Å². The van der Waals surface area contributed by atoms with E-state index in [-0.39, 0.29) is 10.6 Å². The quantitative estimate of drug-likeness (QED) is 0.647. The van der Waals surface area contributed by atoms with Crippen LogP contribution in [0.25, 0.3) is 0 Å². The van der Waals surface area contributed by atoms with Crippen molar-refractivity contribution >= 4 is 27.3 Å². The Morgan fingerprint density at radius 3 is 2.95 bits per heavy atom. The van der Waals surface area contributed by atoms with E-state index in [9.17, 15) is 10.1 Å². The van der Waals surface area contributed by atoms with E-state index in [0.29, 0.717) is 12.0 Å². The molecule has 0 radical (unpaired) electrons. The molecule has 0 bridgehead atoms. The van der Waals surface area contributed by atoms with E-state index < -0.39 is 0 Å². The van der Waals surface area contributed by atoms with E-state index in [4.69, 9.17) is 0 Å². The molecule has 0 saturated carbocycles. The van der Waals surface area contributed by atoms with Gasteiger partial charge in [0.15, 0.2) is 0 Å². The molecule has 1 N–H and O–H groups in total. The predicted octanol–water partition coefficient (Wildman–Crippen LogP) is 3.57. The highest BCUT2D eigenvalue weighted by Crippen LogP contribution is 2.33. The first-order valence-corrected chi connectivity index (χ1v) is 8.19. The Morgan fingerprint density at radius 1 is 1.52 bits per heavy atom. The van der Waals surface area contributed by atoms with Gasteiger partial charge in [-0.2, -0.15) is 0 Å². The van der Waals surface area contributed by atoms with Crippen molar-refractivity contribution in [1.82, 2.24) is 5.32 Å². The topological polar surface area (TPSA) is 58.4 Å². The second-order valence-corrected chi connectivity index (χ2v) is 6.82. The van der Waals surface area contributed by atoms with Gasteiger partial charge in [-0.1, -0.05) is 29.8 Å². The molecule has 0 amide bonds. The maximum Gasteiger partial charge on any atom is 0.293 e. The number of nitro benzene ring substituents is 1. The van der Waals surface area contributed by atoms with Gasteiger partial charge in [0.1, 0.15) is 5.69 Å². The fraction of sp³-hybridized carbons (Fsp3) is 0.600. The number of hydrogen-bond donors (Lipinski definition) is 1.